The van der Waals surface area contributed by atoms with Gasteiger partial charge in [0, 0.05) is 11.4 Å². The lowest BCUT2D eigenvalue weighted by molar-refractivity contribution is -0.121. The van der Waals surface area contributed by atoms with E-state index in [4.69, 9.17) is 0 Å². The first kappa shape index (κ1) is 21.9. The molecule has 0 saturated carbocycles. The molecule has 0 aliphatic heterocycles. The topological polar surface area (TPSA) is 78.8 Å². The predicted molar refractivity (Wildman–Crippen MR) is 120 cm³/mol. The Balaban J connectivity index is 1.78. The molecular formula is C22H23N3O3S2. The van der Waals surface area contributed by atoms with Gasteiger partial charge in [0.15, 0.2) is 0 Å². The van der Waals surface area contributed by atoms with E-state index in [-0.39, 0.29) is 18.0 Å². The van der Waals surface area contributed by atoms with Crippen molar-refractivity contribution in [1.29, 1.82) is 0 Å². The minimum absolute atomic E-state index is 0.0816. The molecule has 0 bridgehead atoms. The van der Waals surface area contributed by atoms with E-state index in [2.05, 4.69) is 10.5 Å². The summed E-state index contributed by atoms with van der Waals surface area (Å²) in [5, 5.41) is 5.90. The number of nitrogens with zero attached hydrogens (tertiary/aromatic N) is 2. The summed E-state index contributed by atoms with van der Waals surface area (Å²) >= 11 is 1.51. The minimum Gasteiger partial charge on any atom is -0.272 e. The van der Waals surface area contributed by atoms with Crippen molar-refractivity contribution in [3.05, 3.63) is 87.6 Å². The van der Waals surface area contributed by atoms with Crippen LogP contribution in [0.4, 0.5) is 0 Å². The van der Waals surface area contributed by atoms with Crippen LogP contribution in [-0.2, 0) is 21.4 Å². The van der Waals surface area contributed by atoms with Gasteiger partial charge < -0.3 is 0 Å². The third-order valence-corrected chi connectivity index (χ3v) is 7.21. The number of aryl methyl sites for hydroxylation is 2. The maximum absolute atomic E-state index is 13.2. The summed E-state index contributed by atoms with van der Waals surface area (Å²) in [5.41, 5.74) is 5.24. The van der Waals surface area contributed by atoms with E-state index >= 15 is 0 Å². The third kappa shape index (κ3) is 5.63. The predicted octanol–water partition coefficient (Wildman–Crippen LogP) is 3.71. The third-order valence-electron chi connectivity index (χ3n) is 4.45. The molecule has 0 saturated heterocycles. The first-order chi connectivity index (χ1) is 14.4. The van der Waals surface area contributed by atoms with Crippen LogP contribution in [0.3, 0.4) is 0 Å². The van der Waals surface area contributed by atoms with Crippen molar-refractivity contribution in [2.75, 3.05) is 6.54 Å². The van der Waals surface area contributed by atoms with Crippen LogP contribution in [-0.4, -0.2) is 31.4 Å². The highest BCUT2D eigenvalue weighted by atomic mass is 32.2. The summed E-state index contributed by atoms with van der Waals surface area (Å²) in [4.78, 5) is 13.5. The number of hydrazone groups is 1. The van der Waals surface area contributed by atoms with E-state index in [1.54, 1.807) is 30.5 Å². The van der Waals surface area contributed by atoms with Crippen LogP contribution in [0.5, 0.6) is 0 Å². The normalized spacial score (nSPS) is 11.8. The fraction of sp³-hybridized carbons (Fsp3) is 0.182. The van der Waals surface area contributed by atoms with Gasteiger partial charge >= 0.3 is 0 Å². The van der Waals surface area contributed by atoms with Crippen molar-refractivity contribution in [3.8, 4) is 0 Å². The number of thiophene rings is 1. The quantitative estimate of drug-likeness (QED) is 0.428. The molecule has 1 aromatic heterocycles. The highest BCUT2D eigenvalue weighted by Gasteiger charge is 2.26. The zero-order valence-electron chi connectivity index (χ0n) is 16.8. The van der Waals surface area contributed by atoms with Crippen LogP contribution in [0.2, 0.25) is 0 Å². The second-order valence-electron chi connectivity index (χ2n) is 6.83. The summed E-state index contributed by atoms with van der Waals surface area (Å²) in [7, 11) is -3.86. The molecule has 8 heteroatoms. The highest BCUT2D eigenvalue weighted by molar-refractivity contribution is 7.89. The Morgan fingerprint density at radius 3 is 2.40 bits per heavy atom. The van der Waals surface area contributed by atoms with Gasteiger partial charge in [-0.2, -0.15) is 9.41 Å². The Labute approximate surface area is 180 Å². The van der Waals surface area contributed by atoms with Gasteiger partial charge in [-0.1, -0.05) is 48.0 Å². The second kappa shape index (κ2) is 9.80. The molecule has 0 fully saturated rings. The van der Waals surface area contributed by atoms with E-state index in [1.165, 1.54) is 11.3 Å². The van der Waals surface area contributed by atoms with E-state index < -0.39 is 15.9 Å². The maximum atomic E-state index is 13.2. The Bertz CT molecular complexity index is 1120. The Morgan fingerprint density at radius 2 is 1.77 bits per heavy atom. The number of sulfonamides is 1. The number of hydrogen-bond acceptors (Lipinski definition) is 5. The van der Waals surface area contributed by atoms with Gasteiger partial charge in [-0.3, -0.25) is 4.79 Å². The zero-order chi connectivity index (χ0) is 21.6. The lowest BCUT2D eigenvalue weighted by Crippen LogP contribution is -2.39. The molecule has 0 spiro atoms. The summed E-state index contributed by atoms with van der Waals surface area (Å²) < 4.78 is 27.6. The Morgan fingerprint density at radius 1 is 1.07 bits per heavy atom. The lowest BCUT2D eigenvalue weighted by atomic mass is 10.2. The summed E-state index contributed by atoms with van der Waals surface area (Å²) in [5.74, 6) is -0.507. The van der Waals surface area contributed by atoms with Crippen LogP contribution in [0.1, 0.15) is 21.6 Å². The van der Waals surface area contributed by atoms with Crippen LogP contribution in [0.15, 0.2) is 76.0 Å². The Kier molecular flexibility index (Phi) is 7.15. The molecule has 1 N–H and O–H groups in total. The number of benzene rings is 2. The van der Waals surface area contributed by atoms with E-state index in [9.17, 15) is 13.2 Å². The fourth-order valence-electron chi connectivity index (χ4n) is 2.75. The van der Waals surface area contributed by atoms with Gasteiger partial charge in [-0.25, -0.2) is 13.8 Å². The smallest absolute Gasteiger partial charge is 0.255 e. The van der Waals surface area contributed by atoms with Gasteiger partial charge in [0.25, 0.3) is 5.91 Å². The number of amides is 1. The molecule has 0 aliphatic rings. The highest BCUT2D eigenvalue weighted by Crippen LogP contribution is 2.19. The first-order valence-corrected chi connectivity index (χ1v) is 11.6. The minimum atomic E-state index is -3.86. The van der Waals surface area contributed by atoms with Gasteiger partial charge in [0.1, 0.15) is 0 Å². The summed E-state index contributed by atoms with van der Waals surface area (Å²) in [6.07, 6.45) is 1.56. The van der Waals surface area contributed by atoms with Crippen LogP contribution in [0.25, 0.3) is 0 Å². The standard InChI is InChI=1S/C22H23N3O3S2/c1-17-8-10-20(11-9-17)30(27,28)25(15-19-6-4-3-5-7-19)16-22(26)24-23-14-21-18(2)12-13-29-21/h3-14H,15-16H2,1-2H3,(H,24,26)/b23-14-. The molecule has 156 valence electrons. The van der Waals surface area contributed by atoms with Crippen molar-refractivity contribution in [3.63, 3.8) is 0 Å². The number of hydrogen-bond donors (Lipinski definition) is 1. The van der Waals surface area contributed by atoms with Crippen molar-refractivity contribution < 1.29 is 13.2 Å². The number of carbonyl (C=O) groups is 1. The number of rotatable bonds is 8. The van der Waals surface area contributed by atoms with E-state index in [0.717, 1.165) is 25.9 Å². The molecule has 0 radical (unpaired) electrons. The largest absolute Gasteiger partial charge is 0.272 e. The number of carbonyl (C=O) groups excluding carboxylic acids is 1. The number of nitrogens with one attached hydrogen (secondary N) is 1. The Hall–Kier alpha value is -2.81. The van der Waals surface area contributed by atoms with Crippen molar-refractivity contribution >= 4 is 33.5 Å². The van der Waals surface area contributed by atoms with Gasteiger partial charge in [0.2, 0.25) is 10.0 Å². The molecule has 1 heterocycles. The van der Waals surface area contributed by atoms with Crippen molar-refractivity contribution in [2.45, 2.75) is 25.3 Å². The van der Waals surface area contributed by atoms with E-state index in [0.29, 0.717) is 0 Å². The molecule has 1 amide bonds. The molecule has 0 atom stereocenters. The summed E-state index contributed by atoms with van der Waals surface area (Å²) in [6, 6.07) is 17.7. The average Bonchev–Trinajstić information content (AvgIpc) is 3.13. The maximum Gasteiger partial charge on any atom is 0.255 e. The lowest BCUT2D eigenvalue weighted by Gasteiger charge is -2.21. The monoisotopic (exact) mass is 441 g/mol. The van der Waals surface area contributed by atoms with Crippen LogP contribution >= 0.6 is 11.3 Å². The molecular weight excluding hydrogens is 418 g/mol. The van der Waals surface area contributed by atoms with Crippen molar-refractivity contribution in [1.82, 2.24) is 9.73 Å². The molecule has 6 nitrogen and oxygen atoms in total. The fourth-order valence-corrected chi connectivity index (χ4v) is 4.92. The first-order valence-electron chi connectivity index (χ1n) is 9.33. The van der Waals surface area contributed by atoms with Gasteiger partial charge in [0.05, 0.1) is 17.7 Å². The average molecular weight is 442 g/mol. The van der Waals surface area contributed by atoms with Crippen LogP contribution in [0, 0.1) is 13.8 Å². The van der Waals surface area contributed by atoms with E-state index in [1.807, 2.05) is 55.6 Å². The van der Waals surface area contributed by atoms with Gasteiger partial charge in [-0.05, 0) is 48.6 Å². The second-order valence-corrected chi connectivity index (χ2v) is 9.72. The molecule has 3 rings (SSSR count). The molecule has 0 unspecified atom stereocenters. The molecule has 2 aromatic carbocycles. The molecule has 0 aliphatic carbocycles. The molecule has 30 heavy (non-hydrogen) atoms. The SMILES string of the molecule is Cc1ccc(S(=O)(=O)N(CC(=O)N/N=C\c2sccc2C)Cc2ccccc2)cc1. The van der Waals surface area contributed by atoms with Gasteiger partial charge in [-0.15, -0.1) is 11.3 Å². The zero-order valence-corrected chi connectivity index (χ0v) is 18.4. The summed E-state index contributed by atoms with van der Waals surface area (Å²) in [6.45, 7) is 3.58. The van der Waals surface area contributed by atoms with Crippen LogP contribution < -0.4 is 5.43 Å². The molecule has 3 aromatic rings. The van der Waals surface area contributed by atoms with Crippen molar-refractivity contribution in [2.24, 2.45) is 5.10 Å².